The van der Waals surface area contributed by atoms with E-state index in [2.05, 4.69) is 24.3 Å². The summed E-state index contributed by atoms with van der Waals surface area (Å²) < 4.78 is 0. The number of likely N-dealkylation sites (tertiary alicyclic amines) is 1. The van der Waals surface area contributed by atoms with Crippen LogP contribution in [0.15, 0.2) is 24.3 Å². The van der Waals surface area contributed by atoms with Gasteiger partial charge in [0.05, 0.1) is 6.42 Å². The second kappa shape index (κ2) is 7.87. The Labute approximate surface area is 149 Å². The molecule has 1 atom stereocenters. The number of benzene rings is 1. The number of anilines is 1. The molecule has 0 spiro atoms. The molecular weight excluding hydrogens is 316 g/mol. The molecule has 0 unspecified atom stereocenters. The molecule has 2 fully saturated rings. The largest absolute Gasteiger partial charge is 0.342 e. The number of nitrogens with zero attached hydrogens (tertiary/aromatic N) is 3. The van der Waals surface area contributed by atoms with Crippen molar-refractivity contribution in [2.75, 3.05) is 45.2 Å². The molecule has 0 bridgehead atoms. The first-order valence-corrected chi connectivity index (χ1v) is 9.13. The summed E-state index contributed by atoms with van der Waals surface area (Å²) in [6, 6.07) is 8.29. The third-order valence-corrected chi connectivity index (χ3v) is 5.24. The summed E-state index contributed by atoms with van der Waals surface area (Å²) >= 11 is 0. The van der Waals surface area contributed by atoms with Crippen LogP contribution in [0.25, 0.3) is 0 Å². The van der Waals surface area contributed by atoms with Gasteiger partial charge in [0.25, 0.3) is 0 Å². The lowest BCUT2D eigenvalue weighted by Crippen LogP contribution is -2.34. The SMILES string of the molecule is CN(C)[C@@H]1CCCN(C(=O)Cc2ccc(N3CCNC3=O)cc2)CC1. The van der Waals surface area contributed by atoms with Crippen LogP contribution in [0.1, 0.15) is 24.8 Å². The number of hydrogen-bond acceptors (Lipinski definition) is 3. The Morgan fingerprint density at radius 2 is 1.92 bits per heavy atom. The molecule has 6 heteroatoms. The first-order valence-electron chi connectivity index (χ1n) is 9.13. The van der Waals surface area contributed by atoms with E-state index < -0.39 is 0 Å². The van der Waals surface area contributed by atoms with E-state index in [1.807, 2.05) is 29.2 Å². The Hall–Kier alpha value is -2.08. The molecule has 1 aromatic carbocycles. The van der Waals surface area contributed by atoms with E-state index in [1.165, 1.54) is 0 Å². The second-order valence-electron chi connectivity index (χ2n) is 7.16. The van der Waals surface area contributed by atoms with Gasteiger partial charge in [-0.15, -0.1) is 0 Å². The molecule has 3 amide bonds. The molecule has 136 valence electrons. The molecule has 2 heterocycles. The highest BCUT2D eigenvalue weighted by atomic mass is 16.2. The van der Waals surface area contributed by atoms with E-state index in [9.17, 15) is 9.59 Å². The Balaban J connectivity index is 1.56. The van der Waals surface area contributed by atoms with Crippen molar-refractivity contribution in [2.24, 2.45) is 0 Å². The van der Waals surface area contributed by atoms with Crippen molar-refractivity contribution in [1.82, 2.24) is 15.1 Å². The summed E-state index contributed by atoms with van der Waals surface area (Å²) in [4.78, 5) is 30.3. The summed E-state index contributed by atoms with van der Waals surface area (Å²) in [6.45, 7) is 3.07. The zero-order valence-electron chi connectivity index (χ0n) is 15.2. The summed E-state index contributed by atoms with van der Waals surface area (Å²) in [5, 5.41) is 2.80. The summed E-state index contributed by atoms with van der Waals surface area (Å²) in [6.07, 6.45) is 3.70. The number of carbonyl (C=O) groups is 2. The minimum absolute atomic E-state index is 0.0520. The van der Waals surface area contributed by atoms with Gasteiger partial charge in [-0.3, -0.25) is 9.69 Å². The molecule has 0 radical (unpaired) electrons. The van der Waals surface area contributed by atoms with Crippen molar-refractivity contribution >= 4 is 17.6 Å². The summed E-state index contributed by atoms with van der Waals surface area (Å²) in [5.41, 5.74) is 1.89. The summed E-state index contributed by atoms with van der Waals surface area (Å²) in [5.74, 6) is 0.200. The predicted octanol–water partition coefficient (Wildman–Crippen LogP) is 1.70. The molecule has 1 N–H and O–H groups in total. The number of rotatable bonds is 4. The Bertz CT molecular complexity index is 614. The first-order chi connectivity index (χ1) is 12.0. The fraction of sp³-hybridized carbons (Fsp3) is 0.579. The van der Waals surface area contributed by atoms with Gasteiger partial charge in [-0.2, -0.15) is 0 Å². The van der Waals surface area contributed by atoms with Crippen molar-refractivity contribution in [2.45, 2.75) is 31.7 Å². The van der Waals surface area contributed by atoms with Crippen LogP contribution in [0.5, 0.6) is 0 Å². The molecule has 6 nitrogen and oxygen atoms in total. The van der Waals surface area contributed by atoms with Crippen LogP contribution >= 0.6 is 0 Å². The van der Waals surface area contributed by atoms with Crippen molar-refractivity contribution in [3.63, 3.8) is 0 Å². The first kappa shape index (κ1) is 17.7. The van der Waals surface area contributed by atoms with Gasteiger partial charge in [-0.05, 0) is 51.1 Å². The highest BCUT2D eigenvalue weighted by Crippen LogP contribution is 2.19. The molecule has 0 aromatic heterocycles. The maximum Gasteiger partial charge on any atom is 0.321 e. The molecule has 3 rings (SSSR count). The number of hydrogen-bond donors (Lipinski definition) is 1. The molecule has 0 aliphatic carbocycles. The maximum atomic E-state index is 12.6. The summed E-state index contributed by atoms with van der Waals surface area (Å²) in [7, 11) is 4.23. The Morgan fingerprint density at radius 1 is 1.16 bits per heavy atom. The van der Waals surface area contributed by atoms with Crippen LogP contribution in [0, 0.1) is 0 Å². The third-order valence-electron chi connectivity index (χ3n) is 5.24. The lowest BCUT2D eigenvalue weighted by Gasteiger charge is -2.23. The molecule has 2 saturated heterocycles. The monoisotopic (exact) mass is 344 g/mol. The Kier molecular flexibility index (Phi) is 5.58. The second-order valence-corrected chi connectivity index (χ2v) is 7.16. The minimum Gasteiger partial charge on any atom is -0.342 e. The normalized spacial score (nSPS) is 21.4. The highest BCUT2D eigenvalue weighted by molar-refractivity contribution is 5.94. The van der Waals surface area contributed by atoms with Gasteiger partial charge in [0.2, 0.25) is 5.91 Å². The van der Waals surface area contributed by atoms with Crippen molar-refractivity contribution < 1.29 is 9.59 Å². The van der Waals surface area contributed by atoms with Crippen molar-refractivity contribution in [3.8, 4) is 0 Å². The van der Waals surface area contributed by atoms with Crippen LogP contribution in [-0.4, -0.2) is 68.1 Å². The standard InChI is InChI=1S/C19H28N4O2/c1-21(2)16-4-3-11-22(12-9-16)18(24)14-15-5-7-17(8-6-15)23-13-10-20-19(23)25/h5-8,16H,3-4,9-14H2,1-2H3,(H,20,25)/t16-/m1/s1. The molecule has 1 aromatic rings. The van der Waals surface area contributed by atoms with Gasteiger partial charge in [-0.1, -0.05) is 12.1 Å². The predicted molar refractivity (Wildman–Crippen MR) is 98.8 cm³/mol. The molecule has 2 aliphatic heterocycles. The average Bonchev–Trinajstić information content (AvgIpc) is 2.87. The molecule has 2 aliphatic rings. The highest BCUT2D eigenvalue weighted by Gasteiger charge is 2.23. The fourth-order valence-corrected chi connectivity index (χ4v) is 3.64. The van der Waals surface area contributed by atoms with E-state index in [4.69, 9.17) is 0 Å². The van der Waals surface area contributed by atoms with E-state index in [0.29, 0.717) is 25.6 Å². The average molecular weight is 344 g/mol. The van der Waals surface area contributed by atoms with Crippen molar-refractivity contribution in [1.29, 1.82) is 0 Å². The minimum atomic E-state index is -0.0520. The van der Waals surface area contributed by atoms with Crippen LogP contribution < -0.4 is 10.2 Å². The Morgan fingerprint density at radius 3 is 2.56 bits per heavy atom. The van der Waals surface area contributed by atoms with Gasteiger partial charge in [0.15, 0.2) is 0 Å². The topological polar surface area (TPSA) is 55.9 Å². The smallest absolute Gasteiger partial charge is 0.321 e. The number of urea groups is 1. The van der Waals surface area contributed by atoms with Crippen LogP contribution in [0.3, 0.4) is 0 Å². The van der Waals surface area contributed by atoms with E-state index in [0.717, 1.165) is 43.6 Å². The number of carbonyl (C=O) groups excluding carboxylic acids is 2. The number of amides is 3. The quantitative estimate of drug-likeness (QED) is 0.904. The third kappa shape index (κ3) is 4.31. The lowest BCUT2D eigenvalue weighted by atomic mass is 10.1. The van der Waals surface area contributed by atoms with Gasteiger partial charge in [-0.25, -0.2) is 4.79 Å². The van der Waals surface area contributed by atoms with Gasteiger partial charge in [0.1, 0.15) is 0 Å². The van der Waals surface area contributed by atoms with Crippen LogP contribution in [0.4, 0.5) is 10.5 Å². The lowest BCUT2D eigenvalue weighted by molar-refractivity contribution is -0.130. The molecular formula is C19H28N4O2. The van der Waals surface area contributed by atoms with E-state index in [1.54, 1.807) is 4.90 Å². The zero-order valence-corrected chi connectivity index (χ0v) is 15.2. The number of nitrogens with one attached hydrogen (secondary N) is 1. The molecule has 0 saturated carbocycles. The molecule has 25 heavy (non-hydrogen) atoms. The van der Waals surface area contributed by atoms with Gasteiger partial charge in [0, 0.05) is 37.9 Å². The van der Waals surface area contributed by atoms with E-state index >= 15 is 0 Å². The maximum absolute atomic E-state index is 12.6. The van der Waals surface area contributed by atoms with Gasteiger partial charge >= 0.3 is 6.03 Å². The van der Waals surface area contributed by atoms with Crippen LogP contribution in [-0.2, 0) is 11.2 Å². The fourth-order valence-electron chi connectivity index (χ4n) is 3.64. The van der Waals surface area contributed by atoms with E-state index in [-0.39, 0.29) is 11.9 Å². The van der Waals surface area contributed by atoms with Gasteiger partial charge < -0.3 is 15.1 Å². The van der Waals surface area contributed by atoms with Crippen molar-refractivity contribution in [3.05, 3.63) is 29.8 Å². The zero-order chi connectivity index (χ0) is 17.8. The van der Waals surface area contributed by atoms with Crippen LogP contribution in [0.2, 0.25) is 0 Å².